The highest BCUT2D eigenvalue weighted by Crippen LogP contribution is 2.34. The molecule has 0 amide bonds. The van der Waals surface area contributed by atoms with Crippen LogP contribution in [-0.2, 0) is 17.4 Å². The van der Waals surface area contributed by atoms with E-state index in [2.05, 4.69) is 4.98 Å². The maximum absolute atomic E-state index is 12.8. The van der Waals surface area contributed by atoms with Crippen LogP contribution >= 0.6 is 0 Å². The Morgan fingerprint density at radius 2 is 2.05 bits per heavy atom. The van der Waals surface area contributed by atoms with Crippen molar-refractivity contribution < 1.29 is 27.8 Å². The third-order valence-corrected chi connectivity index (χ3v) is 2.96. The van der Waals surface area contributed by atoms with E-state index in [-0.39, 0.29) is 17.9 Å². The Kier molecular flexibility index (Phi) is 4.35. The number of nitrogens with zero attached hydrogens (tertiary/aromatic N) is 1. The van der Waals surface area contributed by atoms with Crippen LogP contribution in [0.25, 0.3) is 11.1 Å². The SMILES string of the molecule is COc1ncc(CC(=O)O)cc1-c1cccc(C(F)(F)F)c1. The number of hydrogen-bond acceptors (Lipinski definition) is 3. The zero-order chi connectivity index (χ0) is 16.3. The van der Waals surface area contributed by atoms with Crippen molar-refractivity contribution in [3.8, 4) is 17.0 Å². The highest BCUT2D eigenvalue weighted by Gasteiger charge is 2.30. The lowest BCUT2D eigenvalue weighted by Gasteiger charge is -2.12. The molecule has 0 aliphatic carbocycles. The van der Waals surface area contributed by atoms with E-state index in [1.807, 2.05) is 0 Å². The normalized spacial score (nSPS) is 11.3. The molecular weight excluding hydrogens is 299 g/mol. The Balaban J connectivity index is 2.52. The van der Waals surface area contributed by atoms with Crippen molar-refractivity contribution in [2.75, 3.05) is 7.11 Å². The Labute approximate surface area is 124 Å². The van der Waals surface area contributed by atoms with Gasteiger partial charge in [0.05, 0.1) is 19.1 Å². The topological polar surface area (TPSA) is 59.4 Å². The van der Waals surface area contributed by atoms with Gasteiger partial charge in [-0.2, -0.15) is 13.2 Å². The second-order valence-electron chi connectivity index (χ2n) is 4.55. The van der Waals surface area contributed by atoms with Gasteiger partial charge in [0.25, 0.3) is 0 Å². The number of hydrogen-bond donors (Lipinski definition) is 1. The smallest absolute Gasteiger partial charge is 0.416 e. The summed E-state index contributed by atoms with van der Waals surface area (Å²) in [6.07, 6.45) is -3.41. The lowest BCUT2D eigenvalue weighted by atomic mass is 10.0. The van der Waals surface area contributed by atoms with Crippen molar-refractivity contribution in [2.24, 2.45) is 0 Å². The first-order valence-electron chi connectivity index (χ1n) is 6.23. The third-order valence-electron chi connectivity index (χ3n) is 2.96. The minimum Gasteiger partial charge on any atom is -0.481 e. The monoisotopic (exact) mass is 311 g/mol. The average Bonchev–Trinajstić information content (AvgIpc) is 2.46. The fraction of sp³-hybridized carbons (Fsp3) is 0.200. The quantitative estimate of drug-likeness (QED) is 0.940. The molecule has 2 rings (SSSR count). The summed E-state index contributed by atoms with van der Waals surface area (Å²) in [5.41, 5.74) is 0.148. The van der Waals surface area contributed by atoms with Crippen LogP contribution in [-0.4, -0.2) is 23.2 Å². The standard InChI is InChI=1S/C15H12F3NO3/c1-22-14-12(5-9(8-19-14)6-13(20)21)10-3-2-4-11(7-10)15(16,17)18/h2-5,7-8H,6H2,1H3,(H,20,21). The molecule has 0 bridgehead atoms. The summed E-state index contributed by atoms with van der Waals surface area (Å²) in [5.74, 6) is -0.921. The summed E-state index contributed by atoms with van der Waals surface area (Å²) in [4.78, 5) is 14.7. The number of aliphatic carboxylic acids is 1. The Hall–Kier alpha value is -2.57. The predicted molar refractivity (Wildman–Crippen MR) is 72.6 cm³/mol. The number of alkyl halides is 3. The van der Waals surface area contributed by atoms with Crippen molar-refractivity contribution in [3.05, 3.63) is 47.7 Å². The molecule has 0 aliphatic heterocycles. The molecule has 116 valence electrons. The van der Waals surface area contributed by atoms with E-state index < -0.39 is 17.7 Å². The Morgan fingerprint density at radius 3 is 2.64 bits per heavy atom. The molecular formula is C15H12F3NO3. The summed E-state index contributed by atoms with van der Waals surface area (Å²) < 4.78 is 43.4. The van der Waals surface area contributed by atoms with E-state index in [9.17, 15) is 18.0 Å². The minimum absolute atomic E-state index is 0.133. The number of benzene rings is 1. The van der Waals surface area contributed by atoms with Crippen LogP contribution < -0.4 is 4.74 Å². The van der Waals surface area contributed by atoms with Gasteiger partial charge in [-0.25, -0.2) is 4.98 Å². The summed E-state index contributed by atoms with van der Waals surface area (Å²) in [7, 11) is 1.34. The fourth-order valence-electron chi connectivity index (χ4n) is 2.00. The molecule has 2 aromatic rings. The van der Waals surface area contributed by atoms with Gasteiger partial charge in [0.1, 0.15) is 0 Å². The lowest BCUT2D eigenvalue weighted by Crippen LogP contribution is -2.05. The molecule has 0 unspecified atom stereocenters. The summed E-state index contributed by atoms with van der Waals surface area (Å²) in [6.45, 7) is 0. The lowest BCUT2D eigenvalue weighted by molar-refractivity contribution is -0.138. The van der Waals surface area contributed by atoms with Crippen LogP contribution in [0.2, 0.25) is 0 Å². The maximum atomic E-state index is 12.8. The van der Waals surface area contributed by atoms with Gasteiger partial charge >= 0.3 is 12.1 Å². The number of pyridine rings is 1. The van der Waals surface area contributed by atoms with Crippen LogP contribution in [0.15, 0.2) is 36.5 Å². The first-order chi connectivity index (χ1) is 10.3. The molecule has 1 heterocycles. The fourth-order valence-corrected chi connectivity index (χ4v) is 2.00. The molecule has 0 aliphatic rings. The second-order valence-corrected chi connectivity index (χ2v) is 4.55. The van der Waals surface area contributed by atoms with Gasteiger partial charge in [-0.15, -0.1) is 0 Å². The van der Waals surface area contributed by atoms with E-state index in [0.29, 0.717) is 11.1 Å². The van der Waals surface area contributed by atoms with Gasteiger partial charge < -0.3 is 9.84 Å². The van der Waals surface area contributed by atoms with Crippen LogP contribution in [0.5, 0.6) is 5.88 Å². The third kappa shape index (κ3) is 3.55. The molecule has 1 aromatic carbocycles. The van der Waals surface area contributed by atoms with Gasteiger partial charge in [0.15, 0.2) is 0 Å². The largest absolute Gasteiger partial charge is 0.481 e. The van der Waals surface area contributed by atoms with Crippen molar-refractivity contribution in [1.82, 2.24) is 4.98 Å². The van der Waals surface area contributed by atoms with Gasteiger partial charge in [-0.05, 0) is 29.3 Å². The van der Waals surface area contributed by atoms with Crippen molar-refractivity contribution in [1.29, 1.82) is 0 Å². The molecule has 0 saturated heterocycles. The Morgan fingerprint density at radius 1 is 1.32 bits per heavy atom. The van der Waals surface area contributed by atoms with Crippen molar-refractivity contribution in [3.63, 3.8) is 0 Å². The summed E-state index contributed by atoms with van der Waals surface area (Å²) in [6, 6.07) is 6.17. The number of rotatable bonds is 4. The number of carboxylic acid groups (broad SMARTS) is 1. The molecule has 1 N–H and O–H groups in total. The van der Waals surface area contributed by atoms with Gasteiger partial charge in [0.2, 0.25) is 5.88 Å². The van der Waals surface area contributed by atoms with Crippen LogP contribution in [0, 0.1) is 0 Å². The van der Waals surface area contributed by atoms with Crippen LogP contribution in [0.1, 0.15) is 11.1 Å². The number of halogens is 3. The van der Waals surface area contributed by atoms with E-state index in [1.54, 1.807) is 0 Å². The molecule has 0 atom stereocenters. The number of aromatic nitrogens is 1. The van der Waals surface area contributed by atoms with E-state index in [1.165, 1.54) is 31.5 Å². The molecule has 0 radical (unpaired) electrons. The molecule has 0 saturated carbocycles. The number of carbonyl (C=O) groups is 1. The summed E-state index contributed by atoms with van der Waals surface area (Å²) in [5, 5.41) is 8.80. The van der Waals surface area contributed by atoms with E-state index >= 15 is 0 Å². The van der Waals surface area contributed by atoms with Crippen molar-refractivity contribution in [2.45, 2.75) is 12.6 Å². The Bertz CT molecular complexity index is 699. The van der Waals surface area contributed by atoms with E-state index in [4.69, 9.17) is 9.84 Å². The summed E-state index contributed by atoms with van der Waals surface area (Å²) >= 11 is 0. The number of carboxylic acids is 1. The van der Waals surface area contributed by atoms with Crippen LogP contribution in [0.4, 0.5) is 13.2 Å². The van der Waals surface area contributed by atoms with E-state index in [0.717, 1.165) is 12.1 Å². The average molecular weight is 311 g/mol. The maximum Gasteiger partial charge on any atom is 0.416 e. The zero-order valence-electron chi connectivity index (χ0n) is 11.5. The predicted octanol–water partition coefficient (Wildman–Crippen LogP) is 3.40. The van der Waals surface area contributed by atoms with Crippen LogP contribution in [0.3, 0.4) is 0 Å². The molecule has 1 aromatic heterocycles. The first-order valence-corrected chi connectivity index (χ1v) is 6.23. The molecule has 4 nitrogen and oxygen atoms in total. The highest BCUT2D eigenvalue weighted by atomic mass is 19.4. The molecule has 22 heavy (non-hydrogen) atoms. The highest BCUT2D eigenvalue weighted by molar-refractivity contribution is 5.74. The van der Waals surface area contributed by atoms with Gasteiger partial charge in [0, 0.05) is 11.8 Å². The van der Waals surface area contributed by atoms with Gasteiger partial charge in [-0.1, -0.05) is 12.1 Å². The van der Waals surface area contributed by atoms with Gasteiger partial charge in [-0.3, -0.25) is 4.79 Å². The number of ether oxygens (including phenoxy) is 1. The molecule has 7 heteroatoms. The first kappa shape index (κ1) is 15.8. The number of methoxy groups -OCH3 is 1. The molecule has 0 fully saturated rings. The minimum atomic E-state index is -4.46. The molecule has 0 spiro atoms. The second kappa shape index (κ2) is 6.05. The zero-order valence-corrected chi connectivity index (χ0v) is 11.5. The van der Waals surface area contributed by atoms with Crippen molar-refractivity contribution >= 4 is 5.97 Å².